The predicted octanol–water partition coefficient (Wildman–Crippen LogP) is 4.98. The molecule has 4 aromatic rings. The molecule has 2 aromatic carbocycles. The summed E-state index contributed by atoms with van der Waals surface area (Å²) in [7, 11) is 0. The van der Waals surface area contributed by atoms with Crippen LogP contribution >= 0.6 is 0 Å². The Kier molecular flexibility index (Phi) is 6.07. The second kappa shape index (κ2) is 9.09. The molecule has 0 atom stereocenters. The topological polar surface area (TPSA) is 82.2 Å². The van der Waals surface area contributed by atoms with Crippen molar-refractivity contribution in [3.05, 3.63) is 94.0 Å². The zero-order chi connectivity index (χ0) is 22.7. The van der Waals surface area contributed by atoms with E-state index in [0.29, 0.717) is 29.4 Å². The van der Waals surface area contributed by atoms with Gasteiger partial charge in [-0.3, -0.25) is 9.48 Å². The van der Waals surface area contributed by atoms with Gasteiger partial charge in [-0.15, -0.1) is 0 Å². The minimum absolute atomic E-state index is 0.273. The molecule has 0 saturated carbocycles. The lowest BCUT2D eigenvalue weighted by molar-refractivity contribution is 0.102. The maximum absolute atomic E-state index is 13.0. The average molecular weight is 431 g/mol. The molecule has 0 fully saturated rings. The molecule has 4 rings (SSSR count). The van der Waals surface area contributed by atoms with Crippen molar-refractivity contribution in [2.24, 2.45) is 0 Å². The molecule has 7 heteroatoms. The molecule has 2 aromatic heterocycles. The molecule has 2 heterocycles. The van der Waals surface area contributed by atoms with E-state index < -0.39 is 0 Å². The summed E-state index contributed by atoms with van der Waals surface area (Å²) in [5, 5.41) is 11.4. The molecule has 7 nitrogen and oxygen atoms in total. The first kappa shape index (κ1) is 21.4. The Balaban J connectivity index is 1.47. The summed E-state index contributed by atoms with van der Waals surface area (Å²) in [6.07, 6.45) is 0. The summed E-state index contributed by atoms with van der Waals surface area (Å²) in [6.45, 7) is 8.65. The van der Waals surface area contributed by atoms with Gasteiger partial charge in [0.1, 0.15) is 18.1 Å². The van der Waals surface area contributed by atoms with Crippen molar-refractivity contribution in [1.29, 1.82) is 0 Å². The number of aryl methyl sites for hydroxylation is 4. The van der Waals surface area contributed by atoms with Crippen LogP contribution in [0.15, 0.2) is 59.1 Å². The Morgan fingerprint density at radius 3 is 2.62 bits per heavy atom. The van der Waals surface area contributed by atoms with E-state index >= 15 is 0 Å². The normalized spacial score (nSPS) is 10.9. The number of para-hydroxylation sites is 1. The van der Waals surface area contributed by atoms with Crippen LogP contribution in [-0.2, 0) is 13.2 Å². The molecule has 0 unspecified atom stereocenters. The maximum Gasteiger partial charge on any atom is 0.260 e. The second-order valence-corrected chi connectivity index (χ2v) is 7.86. The van der Waals surface area contributed by atoms with E-state index in [9.17, 15) is 4.79 Å². The van der Waals surface area contributed by atoms with E-state index in [1.165, 1.54) is 5.56 Å². The van der Waals surface area contributed by atoms with Gasteiger partial charge in [-0.1, -0.05) is 47.1 Å². The fourth-order valence-corrected chi connectivity index (χ4v) is 3.54. The van der Waals surface area contributed by atoms with Crippen molar-refractivity contribution in [2.45, 2.75) is 40.8 Å². The summed E-state index contributed by atoms with van der Waals surface area (Å²) in [4.78, 5) is 13.0. The van der Waals surface area contributed by atoms with Gasteiger partial charge in [0.05, 0.1) is 23.4 Å². The fourth-order valence-electron chi connectivity index (χ4n) is 3.54. The van der Waals surface area contributed by atoms with Gasteiger partial charge < -0.3 is 14.6 Å². The zero-order valence-corrected chi connectivity index (χ0v) is 18.7. The van der Waals surface area contributed by atoms with E-state index in [2.05, 4.69) is 40.7 Å². The van der Waals surface area contributed by atoms with Crippen LogP contribution in [0.1, 0.15) is 44.2 Å². The monoisotopic (exact) mass is 430 g/mol. The Bertz CT molecular complexity index is 1240. The molecule has 0 radical (unpaired) electrons. The Hall–Kier alpha value is -3.87. The van der Waals surface area contributed by atoms with Crippen molar-refractivity contribution in [2.75, 3.05) is 5.32 Å². The maximum atomic E-state index is 13.0. The minimum Gasteiger partial charge on any atom is -0.488 e. The van der Waals surface area contributed by atoms with E-state index in [0.717, 1.165) is 22.5 Å². The number of nitrogens with one attached hydrogen (secondary N) is 1. The first-order chi connectivity index (χ1) is 15.4. The van der Waals surface area contributed by atoms with Crippen molar-refractivity contribution in [1.82, 2.24) is 14.9 Å². The van der Waals surface area contributed by atoms with Gasteiger partial charge >= 0.3 is 0 Å². The number of hydrogen-bond acceptors (Lipinski definition) is 5. The van der Waals surface area contributed by atoms with E-state index in [-0.39, 0.29) is 12.5 Å². The number of carbonyl (C=O) groups is 1. The van der Waals surface area contributed by atoms with Crippen LogP contribution in [0.5, 0.6) is 5.75 Å². The smallest absolute Gasteiger partial charge is 0.260 e. The van der Waals surface area contributed by atoms with Crippen molar-refractivity contribution < 1.29 is 14.1 Å². The third kappa shape index (κ3) is 4.72. The first-order valence-corrected chi connectivity index (χ1v) is 10.5. The highest BCUT2D eigenvalue weighted by Gasteiger charge is 2.16. The van der Waals surface area contributed by atoms with Crippen LogP contribution < -0.4 is 10.1 Å². The molecule has 32 heavy (non-hydrogen) atoms. The van der Waals surface area contributed by atoms with Gasteiger partial charge in [0.15, 0.2) is 5.82 Å². The largest absolute Gasteiger partial charge is 0.488 e. The number of anilines is 1. The molecular weight excluding hydrogens is 404 g/mol. The van der Waals surface area contributed by atoms with Gasteiger partial charge in [-0.2, -0.15) is 5.10 Å². The van der Waals surface area contributed by atoms with Crippen LogP contribution in [0.25, 0.3) is 0 Å². The van der Waals surface area contributed by atoms with E-state index in [1.54, 1.807) is 18.2 Å². The average Bonchev–Trinajstić information content (AvgIpc) is 3.27. The number of ether oxygens (including phenoxy) is 1. The highest BCUT2D eigenvalue weighted by atomic mass is 16.5. The summed E-state index contributed by atoms with van der Waals surface area (Å²) >= 11 is 0. The number of hydrogen-bond donors (Lipinski definition) is 1. The van der Waals surface area contributed by atoms with Crippen molar-refractivity contribution >= 4 is 11.7 Å². The van der Waals surface area contributed by atoms with Crippen molar-refractivity contribution in [3.63, 3.8) is 0 Å². The molecule has 1 amide bonds. The van der Waals surface area contributed by atoms with Crippen LogP contribution in [0, 0.1) is 27.7 Å². The number of nitrogens with zero attached hydrogens (tertiary/aromatic N) is 3. The lowest BCUT2D eigenvalue weighted by atomic mass is 10.1. The van der Waals surface area contributed by atoms with Gasteiger partial charge in [0.2, 0.25) is 0 Å². The fraction of sp³-hybridized carbons (Fsp3) is 0.240. The van der Waals surface area contributed by atoms with Crippen LogP contribution in [0.2, 0.25) is 0 Å². The third-order valence-electron chi connectivity index (χ3n) is 5.32. The lowest BCUT2D eigenvalue weighted by Gasteiger charge is -2.11. The number of carbonyl (C=O) groups excluding carboxylic acids is 1. The zero-order valence-electron chi connectivity index (χ0n) is 18.7. The Morgan fingerprint density at radius 1 is 1.06 bits per heavy atom. The highest BCUT2D eigenvalue weighted by molar-refractivity contribution is 6.05. The number of aromatic nitrogens is 3. The summed E-state index contributed by atoms with van der Waals surface area (Å²) in [5.74, 6) is 1.42. The van der Waals surface area contributed by atoms with Crippen LogP contribution in [0.4, 0.5) is 5.82 Å². The molecule has 0 aliphatic heterocycles. The van der Waals surface area contributed by atoms with Crippen LogP contribution in [0.3, 0.4) is 0 Å². The number of rotatable bonds is 7. The molecule has 0 bridgehead atoms. The van der Waals surface area contributed by atoms with Gasteiger partial charge in [0.25, 0.3) is 5.91 Å². The number of amides is 1. The molecule has 1 N–H and O–H groups in total. The first-order valence-electron chi connectivity index (χ1n) is 10.5. The van der Waals surface area contributed by atoms with Gasteiger partial charge in [-0.05, 0) is 45.4 Å². The Morgan fingerprint density at radius 2 is 1.88 bits per heavy atom. The van der Waals surface area contributed by atoms with E-state index in [4.69, 9.17) is 9.26 Å². The van der Waals surface area contributed by atoms with Gasteiger partial charge in [-0.25, -0.2) is 0 Å². The molecule has 0 saturated heterocycles. The summed E-state index contributed by atoms with van der Waals surface area (Å²) in [6, 6.07) is 17.3. The third-order valence-corrected chi connectivity index (χ3v) is 5.32. The quantitative estimate of drug-likeness (QED) is 0.447. The molecule has 164 valence electrons. The molecular formula is C25H26N4O3. The van der Waals surface area contributed by atoms with Gasteiger partial charge in [0, 0.05) is 11.8 Å². The summed E-state index contributed by atoms with van der Waals surface area (Å²) in [5.41, 5.74) is 5.42. The second-order valence-electron chi connectivity index (χ2n) is 7.86. The molecule has 0 aliphatic carbocycles. The lowest BCUT2D eigenvalue weighted by Crippen LogP contribution is -2.14. The number of benzene rings is 2. The van der Waals surface area contributed by atoms with E-state index in [1.807, 2.05) is 43.7 Å². The predicted molar refractivity (Wildman–Crippen MR) is 122 cm³/mol. The Labute approximate surface area is 187 Å². The summed E-state index contributed by atoms with van der Waals surface area (Å²) < 4.78 is 13.0. The minimum atomic E-state index is -0.278. The SMILES string of the molecule is Cc1cccc(Cn2nc(NC(=O)c3ccccc3OCc3c(C)noc3C)cc2C)c1. The standard InChI is InChI=1S/C25H26N4O3/c1-16-8-7-9-20(12-16)14-29-17(2)13-24(27-29)26-25(30)21-10-5-6-11-23(21)31-15-22-18(3)28-32-19(22)4/h5-13H,14-15H2,1-4H3,(H,26,27,30). The van der Waals surface area contributed by atoms with Crippen LogP contribution in [-0.4, -0.2) is 20.8 Å². The van der Waals surface area contributed by atoms with Crippen molar-refractivity contribution in [3.8, 4) is 5.75 Å². The highest BCUT2D eigenvalue weighted by Crippen LogP contribution is 2.23. The molecule has 0 aliphatic rings. The molecule has 0 spiro atoms.